The first-order chi connectivity index (χ1) is 6.40. The number of nitrogens with two attached hydrogens (primary N) is 2. The van der Waals surface area contributed by atoms with Gasteiger partial charge < -0.3 is 21.9 Å². The number of nitrogens with one attached hydrogen (secondary N) is 1. The molecule has 0 aliphatic heterocycles. The molecule has 0 aliphatic rings. The molecular weight excluding hydrogens is 206 g/mol. The van der Waals surface area contributed by atoms with Gasteiger partial charge in [0, 0.05) is 5.75 Å². The molecule has 0 saturated heterocycles. The lowest BCUT2D eigenvalue weighted by Crippen LogP contribution is -2.55. The van der Waals surface area contributed by atoms with E-state index < -0.39 is 30.0 Å². The molecule has 3 atom stereocenters. The maximum Gasteiger partial charge on any atom is 0.242 e. The Kier molecular flexibility index (Phi) is 5.51. The van der Waals surface area contributed by atoms with Crippen LogP contribution in [-0.2, 0) is 9.59 Å². The Morgan fingerprint density at radius 1 is 1.57 bits per heavy atom. The average Bonchev–Trinajstić information content (AvgIpc) is 2.11. The van der Waals surface area contributed by atoms with Gasteiger partial charge in [0.15, 0.2) is 0 Å². The molecule has 0 saturated carbocycles. The zero-order valence-corrected chi connectivity index (χ0v) is 8.70. The second kappa shape index (κ2) is 5.84. The van der Waals surface area contributed by atoms with Crippen molar-refractivity contribution in [1.82, 2.24) is 5.32 Å². The lowest BCUT2D eigenvalue weighted by atomic mass is 10.1. The molecule has 2 amide bonds. The Balaban J connectivity index is 4.31. The first kappa shape index (κ1) is 13.2. The smallest absolute Gasteiger partial charge is 0.242 e. The summed E-state index contributed by atoms with van der Waals surface area (Å²) in [6, 6.07) is -1.94. The zero-order valence-electron chi connectivity index (χ0n) is 7.80. The summed E-state index contributed by atoms with van der Waals surface area (Å²) in [5.74, 6) is -1.22. The van der Waals surface area contributed by atoms with Gasteiger partial charge in [-0.05, 0) is 6.92 Å². The molecule has 6 N–H and O–H groups in total. The van der Waals surface area contributed by atoms with Gasteiger partial charge in [-0.2, -0.15) is 12.6 Å². The number of hydrogen-bond donors (Lipinski definition) is 5. The molecule has 0 unspecified atom stereocenters. The van der Waals surface area contributed by atoms with Crippen LogP contribution in [0.5, 0.6) is 0 Å². The van der Waals surface area contributed by atoms with E-state index >= 15 is 0 Å². The number of aliphatic hydroxyl groups is 1. The fraction of sp³-hybridized carbons (Fsp3) is 0.714. The van der Waals surface area contributed by atoms with Gasteiger partial charge in [0.05, 0.1) is 12.1 Å². The Morgan fingerprint density at radius 2 is 2.07 bits per heavy atom. The highest BCUT2D eigenvalue weighted by Crippen LogP contribution is 1.93. The van der Waals surface area contributed by atoms with Crippen molar-refractivity contribution >= 4 is 24.4 Å². The van der Waals surface area contributed by atoms with Crippen LogP contribution in [0.3, 0.4) is 0 Å². The van der Waals surface area contributed by atoms with Gasteiger partial charge >= 0.3 is 0 Å². The molecule has 14 heavy (non-hydrogen) atoms. The Bertz CT molecular complexity index is 222. The number of aliphatic hydroxyl groups excluding tert-OH is 1. The van der Waals surface area contributed by atoms with Crippen LogP contribution in [-0.4, -0.2) is 40.9 Å². The van der Waals surface area contributed by atoms with Gasteiger partial charge in [-0.25, -0.2) is 0 Å². The first-order valence-electron chi connectivity index (χ1n) is 4.04. The summed E-state index contributed by atoms with van der Waals surface area (Å²) in [5.41, 5.74) is 10.3. The number of primary amides is 1. The molecule has 0 rings (SSSR count). The second-order valence-electron chi connectivity index (χ2n) is 2.92. The molecule has 0 aromatic heterocycles. The number of carbonyl (C=O) groups excluding carboxylic acids is 2. The molecule has 0 fully saturated rings. The summed E-state index contributed by atoms with van der Waals surface area (Å²) in [4.78, 5) is 22.0. The van der Waals surface area contributed by atoms with Crippen LogP contribution in [0.1, 0.15) is 6.92 Å². The van der Waals surface area contributed by atoms with E-state index in [0.29, 0.717) is 0 Å². The van der Waals surface area contributed by atoms with Gasteiger partial charge in [0.2, 0.25) is 11.8 Å². The summed E-state index contributed by atoms with van der Waals surface area (Å²) in [7, 11) is 0. The van der Waals surface area contributed by atoms with Crippen molar-refractivity contribution in [3.8, 4) is 0 Å². The fourth-order valence-electron chi connectivity index (χ4n) is 0.773. The highest BCUT2D eigenvalue weighted by atomic mass is 32.1. The number of hydrogen-bond acceptors (Lipinski definition) is 5. The first-order valence-corrected chi connectivity index (χ1v) is 4.67. The Hall–Kier alpha value is -0.790. The predicted octanol–water partition coefficient (Wildman–Crippen LogP) is -2.41. The van der Waals surface area contributed by atoms with Crippen molar-refractivity contribution < 1.29 is 14.7 Å². The van der Waals surface area contributed by atoms with Crippen LogP contribution in [0.25, 0.3) is 0 Å². The van der Waals surface area contributed by atoms with Crippen molar-refractivity contribution in [2.24, 2.45) is 11.5 Å². The van der Waals surface area contributed by atoms with Gasteiger partial charge in [-0.1, -0.05) is 0 Å². The zero-order chi connectivity index (χ0) is 11.3. The molecule has 6 nitrogen and oxygen atoms in total. The lowest BCUT2D eigenvalue weighted by Gasteiger charge is -2.19. The molecular formula is C7H15N3O3S. The largest absolute Gasteiger partial charge is 0.391 e. The van der Waals surface area contributed by atoms with E-state index in [0.717, 1.165) is 0 Å². The highest BCUT2D eigenvalue weighted by molar-refractivity contribution is 7.80. The molecule has 0 heterocycles. The number of carbonyl (C=O) groups is 2. The van der Waals surface area contributed by atoms with Crippen molar-refractivity contribution in [3.63, 3.8) is 0 Å². The molecule has 0 bridgehead atoms. The number of amides is 2. The van der Waals surface area contributed by atoms with Crippen LogP contribution >= 0.6 is 12.6 Å². The van der Waals surface area contributed by atoms with E-state index in [9.17, 15) is 9.59 Å². The molecule has 0 spiro atoms. The third kappa shape index (κ3) is 3.95. The van der Waals surface area contributed by atoms with Gasteiger partial charge in [0.25, 0.3) is 0 Å². The van der Waals surface area contributed by atoms with Crippen molar-refractivity contribution in [2.75, 3.05) is 5.75 Å². The molecule has 0 aromatic carbocycles. The van der Waals surface area contributed by atoms with Crippen LogP contribution < -0.4 is 16.8 Å². The fourth-order valence-corrected chi connectivity index (χ4v) is 0.938. The van der Waals surface area contributed by atoms with E-state index in [4.69, 9.17) is 16.6 Å². The lowest BCUT2D eigenvalue weighted by molar-refractivity contribution is -0.130. The molecule has 0 radical (unpaired) electrons. The Morgan fingerprint density at radius 3 is 2.36 bits per heavy atom. The minimum absolute atomic E-state index is 0.150. The quantitative estimate of drug-likeness (QED) is 0.332. The van der Waals surface area contributed by atoms with Gasteiger partial charge in [-0.3, -0.25) is 9.59 Å². The van der Waals surface area contributed by atoms with E-state index in [2.05, 4.69) is 17.9 Å². The summed E-state index contributed by atoms with van der Waals surface area (Å²) in [6.45, 7) is 1.35. The summed E-state index contributed by atoms with van der Waals surface area (Å²) in [6.07, 6.45) is -1.05. The molecule has 7 heteroatoms. The number of rotatable bonds is 5. The molecule has 0 aromatic rings. The average molecular weight is 221 g/mol. The second-order valence-corrected chi connectivity index (χ2v) is 3.28. The SMILES string of the molecule is C[C@@H](O)[C@H](NC(=O)[C@@H](N)CS)C(N)=O. The molecule has 0 aliphatic carbocycles. The van der Waals surface area contributed by atoms with E-state index in [1.54, 1.807) is 0 Å². The van der Waals surface area contributed by atoms with E-state index in [1.807, 2.05) is 0 Å². The molecule has 82 valence electrons. The van der Waals surface area contributed by atoms with Crippen molar-refractivity contribution in [3.05, 3.63) is 0 Å². The monoisotopic (exact) mass is 221 g/mol. The maximum absolute atomic E-state index is 11.2. The summed E-state index contributed by atoms with van der Waals surface area (Å²) < 4.78 is 0. The normalized spacial score (nSPS) is 16.9. The maximum atomic E-state index is 11.2. The predicted molar refractivity (Wildman–Crippen MR) is 54.6 cm³/mol. The minimum Gasteiger partial charge on any atom is -0.391 e. The topological polar surface area (TPSA) is 118 Å². The third-order valence-corrected chi connectivity index (χ3v) is 2.01. The highest BCUT2D eigenvalue weighted by Gasteiger charge is 2.24. The Labute approximate surface area is 87.4 Å². The number of thiol groups is 1. The minimum atomic E-state index is -1.12. The van der Waals surface area contributed by atoms with Crippen molar-refractivity contribution in [1.29, 1.82) is 0 Å². The third-order valence-electron chi connectivity index (χ3n) is 1.62. The van der Waals surface area contributed by atoms with Gasteiger partial charge in [0.1, 0.15) is 6.04 Å². The van der Waals surface area contributed by atoms with Crippen LogP contribution in [0.2, 0.25) is 0 Å². The van der Waals surface area contributed by atoms with Crippen LogP contribution in [0.4, 0.5) is 0 Å². The van der Waals surface area contributed by atoms with E-state index in [1.165, 1.54) is 6.92 Å². The van der Waals surface area contributed by atoms with Crippen molar-refractivity contribution in [2.45, 2.75) is 25.1 Å². The van der Waals surface area contributed by atoms with Crippen LogP contribution in [0.15, 0.2) is 0 Å². The summed E-state index contributed by atoms with van der Waals surface area (Å²) in [5, 5.41) is 11.3. The van der Waals surface area contributed by atoms with Crippen LogP contribution in [0, 0.1) is 0 Å². The summed E-state index contributed by atoms with van der Waals surface area (Å²) >= 11 is 3.82. The standard InChI is InChI=1S/C7H15N3O3S/c1-3(11)5(6(9)12)10-7(13)4(8)2-14/h3-5,11,14H,2,8H2,1H3,(H2,9,12)(H,10,13)/t3-,4+,5+/m1/s1. The van der Waals surface area contributed by atoms with Gasteiger partial charge in [-0.15, -0.1) is 0 Å². The van der Waals surface area contributed by atoms with E-state index in [-0.39, 0.29) is 5.75 Å².